The monoisotopic (exact) mass is 912 g/mol. The number of benzene rings is 8. The quantitative estimate of drug-likeness (QED) is 0.152. The topological polar surface area (TPSA) is 80.3 Å². The predicted molar refractivity (Wildman–Crippen MR) is 287 cm³/mol. The van der Waals surface area contributed by atoms with Crippen LogP contribution >= 0.6 is 0 Å². The van der Waals surface area contributed by atoms with Crippen LogP contribution in [-0.2, 0) is 5.41 Å². The molecule has 338 valence electrons. The molecule has 3 heterocycles. The third-order valence-corrected chi connectivity index (χ3v) is 16.1. The van der Waals surface area contributed by atoms with E-state index in [0.717, 1.165) is 89.9 Å². The molecule has 3 aromatic heterocycles. The van der Waals surface area contributed by atoms with Gasteiger partial charge in [-0.2, -0.15) is 5.26 Å². The van der Waals surface area contributed by atoms with Crippen molar-refractivity contribution in [2.45, 2.75) is 43.9 Å². The Morgan fingerprint density at radius 3 is 1.46 bits per heavy atom. The van der Waals surface area contributed by atoms with Gasteiger partial charge in [0.1, 0.15) is 0 Å². The molecule has 6 nitrogen and oxygen atoms in total. The summed E-state index contributed by atoms with van der Waals surface area (Å²) in [7, 11) is 0. The molecule has 4 fully saturated rings. The second-order valence-electron chi connectivity index (χ2n) is 20.4. The van der Waals surface area contributed by atoms with E-state index in [1.54, 1.807) is 0 Å². The van der Waals surface area contributed by atoms with Crippen LogP contribution in [0.4, 0.5) is 0 Å². The molecule has 4 aliphatic rings. The van der Waals surface area contributed by atoms with Crippen LogP contribution in [0.15, 0.2) is 200 Å². The zero-order valence-electron chi connectivity index (χ0n) is 39.2. The van der Waals surface area contributed by atoms with Crippen molar-refractivity contribution < 1.29 is 0 Å². The molecule has 8 aromatic carbocycles. The molecule has 0 atom stereocenters. The van der Waals surface area contributed by atoms with Crippen molar-refractivity contribution in [1.82, 2.24) is 24.5 Å². The van der Waals surface area contributed by atoms with E-state index >= 15 is 0 Å². The van der Waals surface area contributed by atoms with Crippen LogP contribution in [0.25, 0.3) is 106 Å². The first-order valence-electron chi connectivity index (χ1n) is 25.1. The second-order valence-corrected chi connectivity index (χ2v) is 20.4. The summed E-state index contributed by atoms with van der Waals surface area (Å²) in [4.78, 5) is 20.9. The number of nitrogens with zero attached hydrogens (tertiary/aromatic N) is 6. The minimum absolute atomic E-state index is 0.314. The van der Waals surface area contributed by atoms with Gasteiger partial charge in [-0.3, -0.25) is 4.98 Å². The van der Waals surface area contributed by atoms with Gasteiger partial charge in [0.15, 0.2) is 17.5 Å². The largest absolute Gasteiger partial charge is 0.308 e. The molecule has 0 radical (unpaired) electrons. The van der Waals surface area contributed by atoms with E-state index in [2.05, 4.69) is 180 Å². The number of hydrogen-bond donors (Lipinski definition) is 0. The Balaban J connectivity index is 0.844. The van der Waals surface area contributed by atoms with Crippen molar-refractivity contribution in [3.8, 4) is 79.3 Å². The number of rotatable bonds is 8. The van der Waals surface area contributed by atoms with Gasteiger partial charge in [0.2, 0.25) is 0 Å². The first kappa shape index (κ1) is 41.4. The van der Waals surface area contributed by atoms with Crippen LogP contribution in [0.1, 0.15) is 49.7 Å². The fraction of sp³-hybridized carbons (Fsp3) is 0.154. The maximum Gasteiger partial charge on any atom is 0.165 e. The molecule has 6 heteroatoms. The summed E-state index contributed by atoms with van der Waals surface area (Å²) in [5.74, 6) is 4.52. The van der Waals surface area contributed by atoms with Crippen molar-refractivity contribution in [2.75, 3.05) is 0 Å². The van der Waals surface area contributed by atoms with E-state index in [-0.39, 0.29) is 0 Å². The fourth-order valence-corrected chi connectivity index (χ4v) is 13.2. The van der Waals surface area contributed by atoms with E-state index < -0.39 is 0 Å². The highest BCUT2D eigenvalue weighted by Gasteiger charge is 2.51. The molecular weight excluding hydrogens is 865 g/mol. The van der Waals surface area contributed by atoms with Crippen LogP contribution < -0.4 is 0 Å². The van der Waals surface area contributed by atoms with Gasteiger partial charge in [-0.25, -0.2) is 15.0 Å². The number of para-hydroxylation sites is 2. The normalized spacial score (nSPS) is 19.1. The van der Waals surface area contributed by atoms with Crippen molar-refractivity contribution in [3.05, 3.63) is 211 Å². The van der Waals surface area contributed by atoms with Gasteiger partial charge in [0, 0.05) is 34.0 Å². The van der Waals surface area contributed by atoms with Gasteiger partial charge in [-0.15, -0.1) is 0 Å². The summed E-state index contributed by atoms with van der Waals surface area (Å²) in [5.41, 5.74) is 16.1. The second kappa shape index (κ2) is 16.6. The maximum atomic E-state index is 9.27. The molecule has 4 bridgehead atoms. The highest BCUT2D eigenvalue weighted by molar-refractivity contribution is 6.08. The minimum atomic E-state index is 0.314. The lowest BCUT2D eigenvalue weighted by Crippen LogP contribution is -2.48. The Kier molecular flexibility index (Phi) is 9.67. The SMILES string of the molecule is N#Cc1ccc(-c2ccc(-c3ccc(-c4ccc(-c5nc(-c6ccc(C78CC9CC(CC(C9)C7)C8)cc6)nc(-c6cnc7c8ccccc8n(-c8ccccc8)c7c6)n5)cc4)c4ccccc34)cc2)cc1. The van der Waals surface area contributed by atoms with Gasteiger partial charge in [0.05, 0.1) is 28.2 Å². The van der Waals surface area contributed by atoms with Crippen molar-refractivity contribution in [2.24, 2.45) is 17.8 Å². The van der Waals surface area contributed by atoms with Crippen molar-refractivity contribution in [1.29, 1.82) is 5.26 Å². The molecule has 0 unspecified atom stereocenters. The zero-order chi connectivity index (χ0) is 47.0. The van der Waals surface area contributed by atoms with E-state index in [0.29, 0.717) is 28.5 Å². The molecule has 11 aromatic rings. The standard InChI is InChI=1S/C65H48N6/c66-39-41-14-16-45(17-15-41)46-18-20-47(21-19-46)54-30-31-55(57-11-5-4-10-56(54)57)48-22-24-49(25-23-48)62-68-63(50-26-28-52(29-27-50)65-36-42-32-43(37-65)34-44(33-42)38-65)70-64(69-62)51-35-60-61(67-40-51)58-12-6-7-13-59(58)71(60)53-8-2-1-3-9-53/h1-31,35,40,42-44H,32-34,36-38H2. The molecule has 4 aliphatic carbocycles. The number of pyridine rings is 1. The van der Waals surface area contributed by atoms with Crippen LogP contribution in [0.3, 0.4) is 0 Å². The lowest BCUT2D eigenvalue weighted by molar-refractivity contribution is -0.00518. The molecule has 15 rings (SSSR count). The van der Waals surface area contributed by atoms with E-state index in [4.69, 9.17) is 19.9 Å². The number of nitriles is 1. The fourth-order valence-electron chi connectivity index (χ4n) is 13.2. The smallest absolute Gasteiger partial charge is 0.165 e. The Morgan fingerprint density at radius 1 is 0.437 bits per heavy atom. The first-order valence-corrected chi connectivity index (χ1v) is 25.1. The molecule has 0 aliphatic heterocycles. The lowest BCUT2D eigenvalue weighted by atomic mass is 9.48. The Hall–Kier alpha value is -8.53. The van der Waals surface area contributed by atoms with Crippen LogP contribution in [0.2, 0.25) is 0 Å². The zero-order valence-corrected chi connectivity index (χ0v) is 39.2. The van der Waals surface area contributed by atoms with Crippen LogP contribution in [-0.4, -0.2) is 24.5 Å². The summed E-state index contributed by atoms with van der Waals surface area (Å²) >= 11 is 0. The number of fused-ring (bicyclic) bond motifs is 4. The molecule has 4 saturated carbocycles. The Morgan fingerprint density at radius 2 is 0.901 bits per heavy atom. The highest BCUT2D eigenvalue weighted by atomic mass is 15.0. The summed E-state index contributed by atoms with van der Waals surface area (Å²) in [6, 6.07) is 70.9. The predicted octanol–water partition coefficient (Wildman–Crippen LogP) is 15.9. The minimum Gasteiger partial charge on any atom is -0.308 e. The first-order chi connectivity index (χ1) is 35.0. The summed E-state index contributed by atoms with van der Waals surface area (Å²) in [6.07, 6.45) is 10.2. The molecule has 0 N–H and O–H groups in total. The van der Waals surface area contributed by atoms with Gasteiger partial charge in [0.25, 0.3) is 0 Å². The summed E-state index contributed by atoms with van der Waals surface area (Å²) < 4.78 is 2.29. The van der Waals surface area contributed by atoms with Crippen LogP contribution in [0, 0.1) is 29.1 Å². The molecular formula is C65H48N6. The average Bonchev–Trinajstić information content (AvgIpc) is 3.76. The molecule has 71 heavy (non-hydrogen) atoms. The van der Waals surface area contributed by atoms with E-state index in [1.807, 2.05) is 30.5 Å². The maximum absolute atomic E-state index is 9.27. The van der Waals surface area contributed by atoms with Gasteiger partial charge in [-0.1, -0.05) is 158 Å². The van der Waals surface area contributed by atoms with Crippen molar-refractivity contribution >= 4 is 32.7 Å². The Bertz CT molecular complexity index is 3850. The van der Waals surface area contributed by atoms with Gasteiger partial charge < -0.3 is 4.57 Å². The van der Waals surface area contributed by atoms with Crippen LogP contribution in [0.5, 0.6) is 0 Å². The lowest BCUT2D eigenvalue weighted by Gasteiger charge is -2.57. The average molecular weight is 913 g/mol. The number of hydrogen-bond acceptors (Lipinski definition) is 5. The molecule has 0 amide bonds. The van der Waals surface area contributed by atoms with Gasteiger partial charge in [-0.05, 0) is 148 Å². The highest BCUT2D eigenvalue weighted by Crippen LogP contribution is 2.60. The third kappa shape index (κ3) is 7.14. The molecule has 0 saturated heterocycles. The Labute approximate surface area is 413 Å². The van der Waals surface area contributed by atoms with Gasteiger partial charge >= 0.3 is 0 Å². The number of aromatic nitrogens is 5. The van der Waals surface area contributed by atoms with E-state index in [1.165, 1.54) is 60.4 Å². The summed E-state index contributed by atoms with van der Waals surface area (Å²) in [6.45, 7) is 0. The van der Waals surface area contributed by atoms with Crippen molar-refractivity contribution in [3.63, 3.8) is 0 Å². The third-order valence-electron chi connectivity index (χ3n) is 16.1. The van der Waals surface area contributed by atoms with E-state index in [9.17, 15) is 5.26 Å². The summed E-state index contributed by atoms with van der Waals surface area (Å²) in [5, 5.41) is 12.7. The molecule has 0 spiro atoms.